The van der Waals surface area contributed by atoms with Gasteiger partial charge in [0.05, 0.1) is 17.3 Å². The summed E-state index contributed by atoms with van der Waals surface area (Å²) >= 11 is 0. The highest BCUT2D eigenvalue weighted by molar-refractivity contribution is 5.93. The first-order valence-corrected chi connectivity index (χ1v) is 9.48. The monoisotopic (exact) mass is 396 g/mol. The number of ether oxygens (including phenoxy) is 1. The zero-order chi connectivity index (χ0) is 20.4. The maximum Gasteiger partial charge on any atom is 0.274 e. The molecule has 1 aromatic heterocycles. The minimum absolute atomic E-state index is 0.239. The van der Waals surface area contributed by atoms with Crippen molar-refractivity contribution < 1.29 is 23.6 Å². The summed E-state index contributed by atoms with van der Waals surface area (Å²) in [7, 11) is 0. The molecule has 2 atom stereocenters. The van der Waals surface area contributed by atoms with Crippen LogP contribution < -0.4 is 5.48 Å². The standard InChI is InChI=1S/C22H21FN2O4/c1-13-15-9-10-16(19(23)20(15)24-17(13)12-26)21(18-8-5-11-28-18)29-25-22(27)14-6-3-2-4-7-14/h2-4,6-7,9-10,12,18,21,24H,5,8,11H2,1H3,(H,25,27)/t18-,21?/m0/s1. The van der Waals surface area contributed by atoms with Gasteiger partial charge in [-0.3, -0.25) is 14.4 Å². The largest absolute Gasteiger partial charge is 0.375 e. The van der Waals surface area contributed by atoms with Crippen LogP contribution in [0.25, 0.3) is 10.9 Å². The van der Waals surface area contributed by atoms with Crippen LogP contribution in [0, 0.1) is 12.7 Å². The van der Waals surface area contributed by atoms with Gasteiger partial charge in [0.2, 0.25) is 0 Å². The van der Waals surface area contributed by atoms with Crippen LogP contribution in [0.15, 0.2) is 42.5 Å². The maximum absolute atomic E-state index is 15.4. The number of aldehydes is 1. The van der Waals surface area contributed by atoms with Gasteiger partial charge in [0.25, 0.3) is 5.91 Å². The smallest absolute Gasteiger partial charge is 0.274 e. The summed E-state index contributed by atoms with van der Waals surface area (Å²) in [6.07, 6.45) is 0.977. The van der Waals surface area contributed by atoms with E-state index in [1.54, 1.807) is 43.3 Å². The Kier molecular flexibility index (Phi) is 5.42. The van der Waals surface area contributed by atoms with Gasteiger partial charge >= 0.3 is 0 Å². The van der Waals surface area contributed by atoms with Gasteiger partial charge in [-0.25, -0.2) is 9.87 Å². The third-order valence-electron chi connectivity index (χ3n) is 5.28. The number of amides is 1. The molecule has 0 saturated carbocycles. The Labute approximate surface area is 167 Å². The number of nitrogens with one attached hydrogen (secondary N) is 2. The van der Waals surface area contributed by atoms with Crippen molar-refractivity contribution in [3.05, 3.63) is 70.7 Å². The molecule has 1 fully saturated rings. The molecule has 0 radical (unpaired) electrons. The molecule has 0 spiro atoms. The Morgan fingerprint density at radius 3 is 2.79 bits per heavy atom. The van der Waals surface area contributed by atoms with Crippen molar-refractivity contribution in [2.24, 2.45) is 0 Å². The number of carbonyl (C=O) groups is 2. The van der Waals surface area contributed by atoms with Crippen LogP contribution in [0.5, 0.6) is 0 Å². The topological polar surface area (TPSA) is 80.4 Å². The molecule has 2 heterocycles. The lowest BCUT2D eigenvalue weighted by molar-refractivity contribution is -0.0861. The van der Waals surface area contributed by atoms with Crippen LogP contribution in [0.2, 0.25) is 0 Å². The predicted molar refractivity (Wildman–Crippen MR) is 105 cm³/mol. The van der Waals surface area contributed by atoms with Gasteiger partial charge in [-0.05, 0) is 37.5 Å². The summed E-state index contributed by atoms with van der Waals surface area (Å²) in [5, 5.41) is 0.632. The number of aryl methyl sites for hydroxylation is 1. The lowest BCUT2D eigenvalue weighted by Gasteiger charge is -2.24. The van der Waals surface area contributed by atoms with E-state index in [0.717, 1.165) is 6.42 Å². The fraction of sp³-hybridized carbons (Fsp3) is 0.273. The van der Waals surface area contributed by atoms with Gasteiger partial charge in [-0.1, -0.05) is 30.3 Å². The summed E-state index contributed by atoms with van der Waals surface area (Å²) in [5.74, 6) is -0.942. The first kappa shape index (κ1) is 19.3. The molecule has 0 bridgehead atoms. The average molecular weight is 396 g/mol. The highest BCUT2D eigenvalue weighted by Crippen LogP contribution is 2.34. The third kappa shape index (κ3) is 3.66. The van der Waals surface area contributed by atoms with Gasteiger partial charge in [0.1, 0.15) is 6.10 Å². The van der Waals surface area contributed by atoms with E-state index < -0.39 is 17.8 Å². The molecule has 2 N–H and O–H groups in total. The van der Waals surface area contributed by atoms with Crippen molar-refractivity contribution in [3.8, 4) is 0 Å². The Bertz CT molecular complexity index is 1040. The van der Waals surface area contributed by atoms with E-state index in [0.29, 0.717) is 41.5 Å². The van der Waals surface area contributed by atoms with E-state index in [2.05, 4.69) is 10.5 Å². The molecule has 29 heavy (non-hydrogen) atoms. The fourth-order valence-electron chi connectivity index (χ4n) is 3.68. The number of aromatic amines is 1. The van der Waals surface area contributed by atoms with E-state index >= 15 is 4.39 Å². The molecular formula is C22H21FN2O4. The molecule has 4 rings (SSSR count). The molecule has 1 unspecified atom stereocenters. The second kappa shape index (κ2) is 8.14. The number of hydrogen-bond acceptors (Lipinski definition) is 4. The normalized spacial score (nSPS) is 17.4. The number of hydrogen-bond donors (Lipinski definition) is 2. The Hall–Kier alpha value is -3.03. The summed E-state index contributed by atoms with van der Waals surface area (Å²) in [4.78, 5) is 32.1. The maximum atomic E-state index is 15.4. The Balaban J connectivity index is 1.65. The third-order valence-corrected chi connectivity index (χ3v) is 5.28. The van der Waals surface area contributed by atoms with E-state index in [4.69, 9.17) is 9.57 Å². The van der Waals surface area contributed by atoms with Crippen LogP contribution in [-0.4, -0.2) is 29.9 Å². The molecule has 0 aliphatic carbocycles. The van der Waals surface area contributed by atoms with Gasteiger partial charge in [-0.2, -0.15) is 0 Å². The summed E-state index contributed by atoms with van der Waals surface area (Å²) in [6.45, 7) is 2.31. The minimum atomic E-state index is -0.821. The molecule has 1 aliphatic heterocycles. The number of rotatable bonds is 6. The number of fused-ring (bicyclic) bond motifs is 1. The van der Waals surface area contributed by atoms with Crippen molar-refractivity contribution in [2.45, 2.75) is 32.0 Å². The quantitative estimate of drug-likeness (QED) is 0.487. The van der Waals surface area contributed by atoms with E-state index in [1.165, 1.54) is 0 Å². The molecule has 3 aromatic rings. The second-order valence-electron chi connectivity index (χ2n) is 7.06. The number of aromatic nitrogens is 1. The molecule has 150 valence electrons. The average Bonchev–Trinajstić information content (AvgIpc) is 3.39. The van der Waals surface area contributed by atoms with Gasteiger partial charge in [0.15, 0.2) is 12.1 Å². The van der Waals surface area contributed by atoms with Crippen molar-refractivity contribution in [3.63, 3.8) is 0 Å². The minimum Gasteiger partial charge on any atom is -0.375 e. The molecular weight excluding hydrogens is 375 g/mol. The number of carbonyl (C=O) groups excluding carboxylic acids is 2. The van der Waals surface area contributed by atoms with Gasteiger partial charge in [0, 0.05) is 23.1 Å². The zero-order valence-corrected chi connectivity index (χ0v) is 15.9. The van der Waals surface area contributed by atoms with Crippen LogP contribution >= 0.6 is 0 Å². The fourth-order valence-corrected chi connectivity index (χ4v) is 3.68. The zero-order valence-electron chi connectivity index (χ0n) is 15.9. The molecule has 1 aliphatic rings. The molecule has 6 nitrogen and oxygen atoms in total. The number of hydroxylamine groups is 1. The van der Waals surface area contributed by atoms with Gasteiger partial charge < -0.3 is 9.72 Å². The molecule has 1 saturated heterocycles. The lowest BCUT2D eigenvalue weighted by atomic mass is 9.99. The summed E-state index contributed by atoms with van der Waals surface area (Å²) in [6, 6.07) is 12.0. The van der Waals surface area contributed by atoms with Crippen molar-refractivity contribution in [2.75, 3.05) is 6.61 Å². The number of halogens is 1. The van der Waals surface area contributed by atoms with Crippen LogP contribution in [0.1, 0.15) is 50.9 Å². The molecule has 2 aromatic carbocycles. The van der Waals surface area contributed by atoms with Crippen LogP contribution in [0.4, 0.5) is 4.39 Å². The summed E-state index contributed by atoms with van der Waals surface area (Å²) < 4.78 is 21.1. The Morgan fingerprint density at radius 1 is 1.31 bits per heavy atom. The highest BCUT2D eigenvalue weighted by Gasteiger charge is 2.32. The van der Waals surface area contributed by atoms with E-state index in [1.807, 2.05) is 6.07 Å². The van der Waals surface area contributed by atoms with Crippen molar-refractivity contribution in [1.29, 1.82) is 0 Å². The second-order valence-corrected chi connectivity index (χ2v) is 7.06. The summed E-state index contributed by atoms with van der Waals surface area (Å²) in [5.41, 5.74) is 4.38. The number of benzene rings is 2. The predicted octanol–water partition coefficient (Wildman–Crippen LogP) is 4.01. The van der Waals surface area contributed by atoms with Crippen molar-refractivity contribution >= 4 is 23.1 Å². The van der Waals surface area contributed by atoms with Crippen molar-refractivity contribution in [1.82, 2.24) is 10.5 Å². The SMILES string of the molecule is Cc1c(C=O)[nH]c2c(F)c(C(ONC(=O)c3ccccc3)[C@@H]3CCCO3)ccc12. The van der Waals surface area contributed by atoms with E-state index in [9.17, 15) is 9.59 Å². The van der Waals surface area contributed by atoms with Crippen LogP contribution in [0.3, 0.4) is 0 Å². The Morgan fingerprint density at radius 2 is 2.10 bits per heavy atom. The van der Waals surface area contributed by atoms with Gasteiger partial charge in [-0.15, -0.1) is 0 Å². The van der Waals surface area contributed by atoms with E-state index in [-0.39, 0.29) is 17.2 Å². The first-order chi connectivity index (χ1) is 14.1. The highest BCUT2D eigenvalue weighted by atomic mass is 19.1. The number of H-pyrrole nitrogens is 1. The van der Waals surface area contributed by atoms with Crippen LogP contribution in [-0.2, 0) is 9.57 Å². The lowest BCUT2D eigenvalue weighted by Crippen LogP contribution is -2.31. The first-order valence-electron chi connectivity index (χ1n) is 9.48. The molecule has 1 amide bonds. The molecule has 7 heteroatoms.